The summed E-state index contributed by atoms with van der Waals surface area (Å²) in [5.41, 5.74) is 5.21. The van der Waals surface area contributed by atoms with Gasteiger partial charge in [0.1, 0.15) is 11.2 Å². The van der Waals surface area contributed by atoms with E-state index in [4.69, 9.17) is 9.84 Å². The number of hydrogen-bond donors (Lipinski definition) is 2. The minimum atomic E-state index is -0.527. The first kappa shape index (κ1) is 23.8. The molecule has 1 aromatic carbocycles. The molecule has 9 heteroatoms. The normalized spacial score (nSPS) is 15.0. The summed E-state index contributed by atoms with van der Waals surface area (Å²) in [6.45, 7) is 10.7. The Labute approximate surface area is 209 Å². The van der Waals surface area contributed by atoms with Crippen molar-refractivity contribution in [2.45, 2.75) is 59.0 Å². The summed E-state index contributed by atoms with van der Waals surface area (Å²) in [5.74, 6) is 0.0998. The third kappa shape index (κ3) is 4.65. The van der Waals surface area contributed by atoms with Crippen molar-refractivity contribution in [1.82, 2.24) is 24.5 Å². The summed E-state index contributed by atoms with van der Waals surface area (Å²) in [4.78, 5) is 34.5. The number of carbonyl (C=O) groups is 1. The Bertz CT molecular complexity index is 1510. The number of amides is 1. The lowest BCUT2D eigenvalue weighted by Crippen LogP contribution is -2.41. The van der Waals surface area contributed by atoms with Crippen molar-refractivity contribution in [3.63, 3.8) is 0 Å². The number of H-pyrrole nitrogens is 1. The van der Waals surface area contributed by atoms with Gasteiger partial charge in [-0.15, -0.1) is 0 Å². The molecule has 0 radical (unpaired) electrons. The Morgan fingerprint density at radius 3 is 2.56 bits per heavy atom. The van der Waals surface area contributed by atoms with Crippen molar-refractivity contribution < 1.29 is 9.53 Å². The van der Waals surface area contributed by atoms with Gasteiger partial charge in [0.25, 0.3) is 5.56 Å². The van der Waals surface area contributed by atoms with Crippen LogP contribution in [-0.2, 0) is 4.74 Å². The summed E-state index contributed by atoms with van der Waals surface area (Å²) >= 11 is 0. The number of hydrogen-bond acceptors (Lipinski definition) is 6. The molecule has 1 aliphatic heterocycles. The van der Waals surface area contributed by atoms with Crippen LogP contribution in [0.3, 0.4) is 0 Å². The number of fused-ring (bicyclic) bond motifs is 3. The number of aromatic nitrogens is 4. The van der Waals surface area contributed by atoms with Gasteiger partial charge in [-0.1, -0.05) is 6.07 Å². The minimum Gasteiger partial charge on any atom is -0.444 e. The molecule has 1 fully saturated rings. The van der Waals surface area contributed by atoms with Crippen molar-refractivity contribution in [2.24, 2.45) is 0 Å². The van der Waals surface area contributed by atoms with Crippen LogP contribution in [0, 0.1) is 13.8 Å². The van der Waals surface area contributed by atoms with Crippen LogP contribution in [0.4, 0.5) is 16.2 Å². The molecule has 0 aliphatic carbocycles. The lowest BCUT2D eigenvalue weighted by atomic mass is 9.93. The summed E-state index contributed by atoms with van der Waals surface area (Å²) < 4.78 is 7.38. The van der Waals surface area contributed by atoms with E-state index < -0.39 is 5.60 Å². The van der Waals surface area contributed by atoms with Crippen molar-refractivity contribution in [2.75, 3.05) is 18.4 Å². The number of aryl methyl sites for hydroxylation is 2. The predicted octanol–water partition coefficient (Wildman–Crippen LogP) is 5.05. The summed E-state index contributed by atoms with van der Waals surface area (Å²) in [6, 6.07) is 11.5. The second kappa shape index (κ2) is 8.96. The summed E-state index contributed by atoms with van der Waals surface area (Å²) in [5, 5.41) is 9.19. The van der Waals surface area contributed by atoms with Crippen LogP contribution < -0.4 is 10.9 Å². The molecule has 0 saturated carbocycles. The first-order valence-corrected chi connectivity index (χ1v) is 12.3. The molecule has 1 amide bonds. The van der Waals surface area contributed by atoms with Crippen LogP contribution in [0.15, 0.2) is 41.2 Å². The molecule has 2 N–H and O–H groups in total. The van der Waals surface area contributed by atoms with E-state index in [1.807, 2.05) is 69.5 Å². The molecule has 3 aromatic heterocycles. The third-order valence-corrected chi connectivity index (χ3v) is 6.52. The first-order chi connectivity index (χ1) is 17.1. The number of carbonyl (C=O) groups excluding carboxylic acids is 1. The van der Waals surface area contributed by atoms with Gasteiger partial charge in [-0.2, -0.15) is 5.10 Å². The topological polar surface area (TPSA) is 105 Å². The van der Waals surface area contributed by atoms with Crippen molar-refractivity contribution in [3.8, 4) is 0 Å². The molecule has 5 rings (SSSR count). The van der Waals surface area contributed by atoms with E-state index in [2.05, 4.69) is 15.3 Å². The van der Waals surface area contributed by atoms with E-state index >= 15 is 0 Å². The molecule has 0 spiro atoms. The number of pyridine rings is 1. The fraction of sp³-hybridized carbons (Fsp3) is 0.407. The first-order valence-electron chi connectivity index (χ1n) is 12.3. The minimum absolute atomic E-state index is 0.0998. The summed E-state index contributed by atoms with van der Waals surface area (Å²) in [7, 11) is 0. The highest BCUT2D eigenvalue weighted by Gasteiger charge is 2.29. The molecule has 36 heavy (non-hydrogen) atoms. The van der Waals surface area contributed by atoms with Gasteiger partial charge in [-0.3, -0.25) is 9.78 Å². The van der Waals surface area contributed by atoms with E-state index in [0.717, 1.165) is 52.2 Å². The lowest BCUT2D eigenvalue weighted by molar-refractivity contribution is 0.0203. The molecule has 1 aliphatic rings. The standard InChI is InChI=1S/C27H32N6O3/c1-16-9-10-19(17(2)28-16)29-20-7-6-8-21-24(20)25-30-23(34)15-22(33(25)31-21)18-11-13-32(14-12-18)26(35)36-27(3,4)5/h6-10,15,18,29H,11-14H2,1-5H3,(H,30,34). The molecule has 4 aromatic rings. The zero-order valence-electron chi connectivity index (χ0n) is 21.4. The molecule has 188 valence electrons. The highest BCUT2D eigenvalue weighted by molar-refractivity contribution is 6.03. The van der Waals surface area contributed by atoms with E-state index in [1.165, 1.54) is 0 Å². The number of nitrogens with zero attached hydrogens (tertiary/aromatic N) is 4. The van der Waals surface area contributed by atoms with Crippen LogP contribution in [-0.4, -0.2) is 49.3 Å². The number of aromatic amines is 1. The molecule has 1 saturated heterocycles. The maximum Gasteiger partial charge on any atom is 0.410 e. The Kier molecular flexibility index (Phi) is 5.94. The molecular weight excluding hydrogens is 456 g/mol. The zero-order valence-corrected chi connectivity index (χ0v) is 21.4. The summed E-state index contributed by atoms with van der Waals surface area (Å²) in [6.07, 6.45) is 1.17. The van der Waals surface area contributed by atoms with E-state index in [-0.39, 0.29) is 17.6 Å². The quantitative estimate of drug-likeness (QED) is 0.418. The van der Waals surface area contributed by atoms with Gasteiger partial charge in [-0.25, -0.2) is 9.31 Å². The second-order valence-electron chi connectivity index (χ2n) is 10.5. The highest BCUT2D eigenvalue weighted by Crippen LogP contribution is 2.33. The van der Waals surface area contributed by atoms with Crippen LogP contribution in [0.2, 0.25) is 0 Å². The molecule has 0 bridgehead atoms. The number of piperidine rings is 1. The van der Waals surface area contributed by atoms with Gasteiger partial charge >= 0.3 is 6.09 Å². The number of benzene rings is 1. The van der Waals surface area contributed by atoms with Crippen molar-refractivity contribution >= 4 is 34.0 Å². The maximum atomic E-state index is 12.8. The third-order valence-electron chi connectivity index (χ3n) is 6.52. The maximum absolute atomic E-state index is 12.8. The molecule has 0 atom stereocenters. The van der Waals surface area contributed by atoms with Crippen molar-refractivity contribution in [3.05, 3.63) is 63.8 Å². The molecule has 4 heterocycles. The van der Waals surface area contributed by atoms with Crippen LogP contribution in [0.25, 0.3) is 16.6 Å². The second-order valence-corrected chi connectivity index (χ2v) is 10.5. The van der Waals surface area contributed by atoms with Gasteiger partial charge < -0.3 is 19.9 Å². The van der Waals surface area contributed by atoms with E-state index in [1.54, 1.807) is 11.0 Å². The monoisotopic (exact) mass is 488 g/mol. The molecule has 0 unspecified atom stereocenters. The molecular formula is C27H32N6O3. The number of nitrogens with one attached hydrogen (secondary N) is 2. The van der Waals surface area contributed by atoms with Gasteiger partial charge in [0.05, 0.1) is 33.7 Å². The Balaban J connectivity index is 1.49. The molecule has 9 nitrogen and oxygen atoms in total. The number of ether oxygens (including phenoxy) is 1. The van der Waals surface area contributed by atoms with E-state index in [9.17, 15) is 9.59 Å². The number of anilines is 2. The predicted molar refractivity (Wildman–Crippen MR) is 140 cm³/mol. The fourth-order valence-corrected chi connectivity index (χ4v) is 4.83. The zero-order chi connectivity index (χ0) is 25.6. The lowest BCUT2D eigenvalue weighted by Gasteiger charge is -2.33. The van der Waals surface area contributed by atoms with Crippen LogP contribution >= 0.6 is 0 Å². The Morgan fingerprint density at radius 2 is 1.86 bits per heavy atom. The van der Waals surface area contributed by atoms with Crippen LogP contribution in [0.1, 0.15) is 56.6 Å². The smallest absolute Gasteiger partial charge is 0.410 e. The van der Waals surface area contributed by atoms with E-state index in [0.29, 0.717) is 18.7 Å². The van der Waals surface area contributed by atoms with Gasteiger partial charge in [0, 0.05) is 30.8 Å². The van der Waals surface area contributed by atoms with Crippen molar-refractivity contribution in [1.29, 1.82) is 0 Å². The largest absolute Gasteiger partial charge is 0.444 e. The van der Waals surface area contributed by atoms with Gasteiger partial charge in [0.15, 0.2) is 0 Å². The average Bonchev–Trinajstić information content (AvgIpc) is 3.18. The Morgan fingerprint density at radius 1 is 1.11 bits per heavy atom. The van der Waals surface area contributed by atoms with Crippen LogP contribution in [0.5, 0.6) is 0 Å². The SMILES string of the molecule is Cc1ccc(Nc2cccc3nn4c(C5CCN(C(=O)OC(C)(C)C)CC5)cc(=O)[nH]c4c23)c(C)n1. The number of rotatable bonds is 3. The Hall–Kier alpha value is -3.88. The fourth-order valence-electron chi connectivity index (χ4n) is 4.83. The highest BCUT2D eigenvalue weighted by atomic mass is 16.6. The van der Waals surface area contributed by atoms with Gasteiger partial charge in [0.2, 0.25) is 0 Å². The number of likely N-dealkylation sites (tertiary alicyclic amines) is 1. The van der Waals surface area contributed by atoms with Gasteiger partial charge in [-0.05, 0) is 71.7 Å². The average molecular weight is 489 g/mol.